The van der Waals surface area contributed by atoms with Gasteiger partial charge in [-0.1, -0.05) is 49.7 Å². The molecule has 3 heterocycles. The topological polar surface area (TPSA) is 83.6 Å². The first-order valence-corrected chi connectivity index (χ1v) is 11.7. The van der Waals surface area contributed by atoms with Gasteiger partial charge in [-0.25, -0.2) is 0 Å². The predicted octanol–water partition coefficient (Wildman–Crippen LogP) is 6.38. The lowest BCUT2D eigenvalue weighted by Crippen LogP contribution is -2.30. The lowest BCUT2D eigenvalue weighted by Gasteiger charge is -2.27. The number of rotatable bonds is 6. The Hall–Kier alpha value is -3.90. The third kappa shape index (κ3) is 4.21. The summed E-state index contributed by atoms with van der Waals surface area (Å²) in [7, 11) is 0. The third-order valence-corrected chi connectivity index (χ3v) is 6.51. The first-order valence-electron chi connectivity index (χ1n) is 11.3. The Morgan fingerprint density at radius 1 is 1.09 bits per heavy atom. The van der Waals surface area contributed by atoms with Crippen LogP contribution in [0.3, 0.4) is 0 Å². The van der Waals surface area contributed by atoms with Crippen molar-refractivity contribution < 1.29 is 19.1 Å². The molecule has 1 amide bonds. The Bertz CT molecular complexity index is 1460. The van der Waals surface area contributed by atoms with E-state index in [4.69, 9.17) is 16.0 Å². The number of fused-ring (bicyclic) bond motifs is 1. The van der Waals surface area contributed by atoms with Crippen LogP contribution in [0.15, 0.2) is 88.8 Å². The van der Waals surface area contributed by atoms with Gasteiger partial charge >= 0.3 is 0 Å². The number of aromatic nitrogens is 1. The first-order chi connectivity index (χ1) is 16.8. The minimum Gasteiger partial charge on any atom is -0.503 e. The van der Waals surface area contributed by atoms with Gasteiger partial charge in [0.1, 0.15) is 5.58 Å². The van der Waals surface area contributed by atoms with E-state index in [1.165, 1.54) is 4.90 Å². The van der Waals surface area contributed by atoms with Gasteiger partial charge in [-0.3, -0.25) is 14.6 Å². The van der Waals surface area contributed by atoms with Crippen LogP contribution in [0.4, 0.5) is 0 Å². The van der Waals surface area contributed by atoms with Crippen molar-refractivity contribution in [1.82, 2.24) is 9.88 Å². The van der Waals surface area contributed by atoms with Crippen LogP contribution >= 0.6 is 11.6 Å². The van der Waals surface area contributed by atoms with Crippen molar-refractivity contribution in [1.29, 1.82) is 0 Å². The molecule has 2 aromatic heterocycles. The van der Waals surface area contributed by atoms with Crippen molar-refractivity contribution in [2.24, 2.45) is 0 Å². The van der Waals surface area contributed by atoms with Gasteiger partial charge in [0.25, 0.3) is 5.91 Å². The van der Waals surface area contributed by atoms with Crippen LogP contribution in [-0.2, 0) is 11.3 Å². The van der Waals surface area contributed by atoms with E-state index in [0.717, 1.165) is 16.7 Å². The zero-order valence-corrected chi connectivity index (χ0v) is 20.0. The van der Waals surface area contributed by atoms with Gasteiger partial charge in [0.05, 0.1) is 11.6 Å². The van der Waals surface area contributed by atoms with E-state index < -0.39 is 23.5 Å². The molecule has 0 saturated heterocycles. The highest BCUT2D eigenvalue weighted by atomic mass is 35.5. The summed E-state index contributed by atoms with van der Waals surface area (Å²) in [4.78, 5) is 32.4. The summed E-state index contributed by atoms with van der Waals surface area (Å²) in [5.41, 5.74) is 3.18. The number of carbonyl (C=O) groups is 2. The second kappa shape index (κ2) is 9.04. The second-order valence-corrected chi connectivity index (χ2v) is 9.33. The summed E-state index contributed by atoms with van der Waals surface area (Å²) in [6.07, 6.45) is 3.28. The van der Waals surface area contributed by atoms with E-state index in [1.807, 2.05) is 24.3 Å². The van der Waals surface area contributed by atoms with Crippen LogP contribution in [0.2, 0.25) is 5.02 Å². The molecule has 1 N–H and O–H groups in total. The van der Waals surface area contributed by atoms with Gasteiger partial charge in [-0.15, -0.1) is 0 Å². The lowest BCUT2D eigenvalue weighted by molar-refractivity contribution is -0.130. The lowest BCUT2D eigenvalue weighted by atomic mass is 9.92. The average molecular weight is 487 g/mol. The molecule has 0 saturated carbocycles. The number of furan rings is 1. The normalized spacial score (nSPS) is 16.1. The van der Waals surface area contributed by atoms with Crippen LogP contribution in [0.1, 0.15) is 53.1 Å². The molecule has 35 heavy (non-hydrogen) atoms. The first kappa shape index (κ1) is 22.9. The van der Waals surface area contributed by atoms with E-state index in [-0.39, 0.29) is 17.9 Å². The number of hydrogen-bond acceptors (Lipinski definition) is 5. The van der Waals surface area contributed by atoms with E-state index in [9.17, 15) is 14.7 Å². The van der Waals surface area contributed by atoms with Crippen molar-refractivity contribution in [2.45, 2.75) is 32.4 Å². The summed E-state index contributed by atoms with van der Waals surface area (Å²) in [5.74, 6) is -1.36. The zero-order chi connectivity index (χ0) is 24.7. The van der Waals surface area contributed by atoms with Crippen LogP contribution in [0.25, 0.3) is 11.0 Å². The Kier molecular flexibility index (Phi) is 5.91. The van der Waals surface area contributed by atoms with Crippen molar-refractivity contribution in [3.63, 3.8) is 0 Å². The molecule has 176 valence electrons. The Morgan fingerprint density at radius 3 is 2.49 bits per heavy atom. The molecular weight excluding hydrogens is 464 g/mol. The fraction of sp³-hybridized carbons (Fsp3) is 0.179. The third-order valence-electron chi connectivity index (χ3n) is 6.27. The number of halogens is 1. The summed E-state index contributed by atoms with van der Waals surface area (Å²) < 4.78 is 5.78. The molecule has 0 aliphatic carbocycles. The van der Waals surface area contributed by atoms with Crippen molar-refractivity contribution in [3.8, 4) is 0 Å². The monoisotopic (exact) mass is 486 g/mol. The summed E-state index contributed by atoms with van der Waals surface area (Å²) in [5, 5.41) is 12.1. The van der Waals surface area contributed by atoms with Crippen LogP contribution in [-0.4, -0.2) is 26.7 Å². The highest BCUT2D eigenvalue weighted by molar-refractivity contribution is 6.31. The maximum absolute atomic E-state index is 13.7. The standard InChI is InChI=1S/C28H23ClN2O4/c1-16(2)18-3-5-19(6-4-18)25-24(26(32)23-14-20-13-21(29)7-8-22(20)35-23)27(33)28(34)31(25)15-17-9-11-30-12-10-17/h3-14,16,25,33H,15H2,1-2H3. The molecule has 5 rings (SSSR count). The molecule has 0 fully saturated rings. The van der Waals surface area contributed by atoms with E-state index in [1.54, 1.807) is 48.8 Å². The van der Waals surface area contributed by atoms with Gasteiger partial charge in [-0.2, -0.15) is 0 Å². The van der Waals surface area contributed by atoms with E-state index in [0.29, 0.717) is 21.9 Å². The van der Waals surface area contributed by atoms with Crippen LogP contribution < -0.4 is 0 Å². The summed E-state index contributed by atoms with van der Waals surface area (Å²) in [6, 6.07) is 17.2. The highest BCUT2D eigenvalue weighted by Gasteiger charge is 2.44. The molecule has 1 unspecified atom stereocenters. The number of nitrogens with zero attached hydrogens (tertiary/aromatic N) is 2. The molecule has 1 aliphatic rings. The molecule has 1 aliphatic heterocycles. The molecular formula is C28H23ClN2O4. The number of pyridine rings is 1. The number of Topliss-reactive ketones (excluding diaryl/α,β-unsaturated/α-hetero) is 1. The van der Waals surface area contributed by atoms with Crippen molar-refractivity contribution in [3.05, 3.63) is 112 Å². The zero-order valence-electron chi connectivity index (χ0n) is 19.2. The smallest absolute Gasteiger partial charge is 0.290 e. The number of benzene rings is 2. The summed E-state index contributed by atoms with van der Waals surface area (Å²) >= 11 is 6.08. The number of aliphatic hydroxyl groups excluding tert-OH is 1. The molecule has 4 aromatic rings. The van der Waals surface area contributed by atoms with Crippen molar-refractivity contribution >= 4 is 34.3 Å². The maximum Gasteiger partial charge on any atom is 0.290 e. The molecule has 0 spiro atoms. The quantitative estimate of drug-likeness (QED) is 0.319. The number of hydrogen-bond donors (Lipinski definition) is 1. The van der Waals surface area contributed by atoms with Gasteiger partial charge < -0.3 is 14.4 Å². The number of ketones is 1. The second-order valence-electron chi connectivity index (χ2n) is 8.90. The number of amides is 1. The fourth-order valence-electron chi connectivity index (χ4n) is 4.40. The SMILES string of the molecule is CC(C)c1ccc(C2C(C(=O)c3cc4cc(Cl)ccc4o3)=C(O)C(=O)N2Cc2ccncc2)cc1. The Balaban J connectivity index is 1.59. The fourth-order valence-corrected chi connectivity index (χ4v) is 4.58. The average Bonchev–Trinajstić information content (AvgIpc) is 3.38. The van der Waals surface area contributed by atoms with E-state index in [2.05, 4.69) is 18.8 Å². The molecule has 0 radical (unpaired) electrons. The number of aliphatic hydroxyl groups is 1. The minimum atomic E-state index is -0.777. The molecule has 1 atom stereocenters. The largest absolute Gasteiger partial charge is 0.503 e. The van der Waals surface area contributed by atoms with Gasteiger partial charge in [0, 0.05) is 29.3 Å². The van der Waals surface area contributed by atoms with Crippen LogP contribution in [0.5, 0.6) is 0 Å². The molecule has 6 nitrogen and oxygen atoms in total. The summed E-state index contributed by atoms with van der Waals surface area (Å²) in [6.45, 7) is 4.39. The van der Waals surface area contributed by atoms with Gasteiger partial charge in [0.2, 0.25) is 5.78 Å². The Labute approximate surface area is 207 Å². The number of carbonyl (C=O) groups excluding carboxylic acids is 2. The molecule has 7 heteroatoms. The van der Waals surface area contributed by atoms with Crippen LogP contribution in [0, 0.1) is 0 Å². The van der Waals surface area contributed by atoms with Gasteiger partial charge in [0.15, 0.2) is 11.5 Å². The van der Waals surface area contributed by atoms with Gasteiger partial charge in [-0.05, 0) is 59.0 Å². The Morgan fingerprint density at radius 2 is 1.80 bits per heavy atom. The molecule has 2 aromatic carbocycles. The predicted molar refractivity (Wildman–Crippen MR) is 133 cm³/mol. The highest BCUT2D eigenvalue weighted by Crippen LogP contribution is 2.41. The van der Waals surface area contributed by atoms with Crippen molar-refractivity contribution in [2.75, 3.05) is 0 Å². The maximum atomic E-state index is 13.7. The van der Waals surface area contributed by atoms with E-state index >= 15 is 0 Å². The minimum absolute atomic E-state index is 0.00786. The molecule has 0 bridgehead atoms.